The van der Waals surface area contributed by atoms with Crippen LogP contribution in [0.25, 0.3) is 11.1 Å². The van der Waals surface area contributed by atoms with E-state index in [2.05, 4.69) is 48.2 Å². The molecule has 0 radical (unpaired) electrons. The average molecular weight is 212 g/mol. The van der Waals surface area contributed by atoms with Gasteiger partial charge >= 0.3 is 0 Å². The first-order chi connectivity index (χ1) is 7.75. The number of rotatable bonds is 3. The molecule has 0 amide bonds. The molecule has 2 aromatic rings. The van der Waals surface area contributed by atoms with Crippen LogP contribution in [0.4, 0.5) is 0 Å². The summed E-state index contributed by atoms with van der Waals surface area (Å²) in [4.78, 5) is 6.21. The zero-order valence-corrected chi connectivity index (χ0v) is 9.72. The molecular weight excluding hydrogens is 196 g/mol. The predicted octanol–water partition coefficient (Wildman–Crippen LogP) is 2.81. The topological polar surface area (TPSA) is 16.1 Å². The summed E-state index contributed by atoms with van der Waals surface area (Å²) < 4.78 is 0. The Balaban J connectivity index is 2.29. The van der Waals surface area contributed by atoms with Crippen LogP contribution in [0.1, 0.15) is 5.56 Å². The van der Waals surface area contributed by atoms with E-state index in [9.17, 15) is 0 Å². The van der Waals surface area contributed by atoms with E-state index in [4.69, 9.17) is 0 Å². The van der Waals surface area contributed by atoms with Crippen LogP contribution >= 0.6 is 0 Å². The summed E-state index contributed by atoms with van der Waals surface area (Å²) >= 11 is 0. The van der Waals surface area contributed by atoms with E-state index in [1.165, 1.54) is 16.7 Å². The van der Waals surface area contributed by atoms with Gasteiger partial charge in [-0.15, -0.1) is 0 Å². The molecule has 82 valence electrons. The highest BCUT2D eigenvalue weighted by Crippen LogP contribution is 2.19. The lowest BCUT2D eigenvalue weighted by atomic mass is 10.0. The lowest BCUT2D eigenvalue weighted by molar-refractivity contribution is 0.402. The van der Waals surface area contributed by atoms with Gasteiger partial charge in [0.25, 0.3) is 0 Å². The van der Waals surface area contributed by atoms with E-state index in [-0.39, 0.29) is 0 Å². The van der Waals surface area contributed by atoms with E-state index in [0.717, 1.165) is 6.54 Å². The summed E-state index contributed by atoms with van der Waals surface area (Å²) in [5, 5.41) is 0. The lowest BCUT2D eigenvalue weighted by Gasteiger charge is -2.10. The van der Waals surface area contributed by atoms with Gasteiger partial charge in [0.15, 0.2) is 0 Å². The molecule has 1 heterocycles. The van der Waals surface area contributed by atoms with Gasteiger partial charge in [0, 0.05) is 18.9 Å². The SMILES string of the molecule is CN(C)Cc1cccc(-c2ccncc2)c1. The van der Waals surface area contributed by atoms with Gasteiger partial charge in [-0.3, -0.25) is 4.98 Å². The Labute approximate surface area is 96.6 Å². The Morgan fingerprint density at radius 1 is 1.00 bits per heavy atom. The molecule has 2 heteroatoms. The summed E-state index contributed by atoms with van der Waals surface area (Å²) in [5.74, 6) is 0. The molecular formula is C14H16N2. The first-order valence-corrected chi connectivity index (χ1v) is 5.40. The van der Waals surface area contributed by atoms with Crippen molar-refractivity contribution in [3.05, 3.63) is 54.4 Å². The van der Waals surface area contributed by atoms with Crippen molar-refractivity contribution in [2.75, 3.05) is 14.1 Å². The van der Waals surface area contributed by atoms with Gasteiger partial charge in [0.1, 0.15) is 0 Å². The van der Waals surface area contributed by atoms with Crippen LogP contribution in [0.5, 0.6) is 0 Å². The molecule has 0 aliphatic carbocycles. The maximum Gasteiger partial charge on any atom is 0.0273 e. The molecule has 0 saturated carbocycles. The molecule has 0 bridgehead atoms. The predicted molar refractivity (Wildman–Crippen MR) is 67.1 cm³/mol. The highest BCUT2D eigenvalue weighted by atomic mass is 15.0. The molecule has 0 spiro atoms. The quantitative estimate of drug-likeness (QED) is 0.777. The van der Waals surface area contributed by atoms with E-state index in [1.807, 2.05) is 24.5 Å². The molecule has 0 aliphatic heterocycles. The van der Waals surface area contributed by atoms with Gasteiger partial charge in [0.05, 0.1) is 0 Å². The fraction of sp³-hybridized carbons (Fsp3) is 0.214. The number of hydrogen-bond acceptors (Lipinski definition) is 2. The first kappa shape index (κ1) is 10.8. The molecule has 0 saturated heterocycles. The molecule has 0 atom stereocenters. The highest BCUT2D eigenvalue weighted by molar-refractivity contribution is 5.63. The van der Waals surface area contributed by atoms with E-state index >= 15 is 0 Å². The number of aromatic nitrogens is 1. The third-order valence-electron chi connectivity index (χ3n) is 2.44. The van der Waals surface area contributed by atoms with Crippen LogP contribution in [0.2, 0.25) is 0 Å². The molecule has 16 heavy (non-hydrogen) atoms. The second kappa shape index (κ2) is 4.90. The Hall–Kier alpha value is -1.67. The fourth-order valence-corrected chi connectivity index (χ4v) is 1.76. The smallest absolute Gasteiger partial charge is 0.0273 e. The van der Waals surface area contributed by atoms with Crippen LogP contribution in [-0.2, 0) is 6.54 Å². The fourth-order valence-electron chi connectivity index (χ4n) is 1.76. The van der Waals surface area contributed by atoms with Crippen molar-refractivity contribution in [1.29, 1.82) is 0 Å². The molecule has 0 fully saturated rings. The van der Waals surface area contributed by atoms with Crippen LogP contribution in [0.15, 0.2) is 48.8 Å². The monoisotopic (exact) mass is 212 g/mol. The Kier molecular flexibility index (Phi) is 3.32. The molecule has 0 unspecified atom stereocenters. The molecule has 0 aliphatic rings. The summed E-state index contributed by atoms with van der Waals surface area (Å²) in [6.45, 7) is 0.971. The maximum absolute atomic E-state index is 4.03. The normalized spacial score (nSPS) is 10.7. The third kappa shape index (κ3) is 2.67. The van der Waals surface area contributed by atoms with Crippen molar-refractivity contribution in [2.24, 2.45) is 0 Å². The highest BCUT2D eigenvalue weighted by Gasteiger charge is 1.99. The number of hydrogen-bond donors (Lipinski definition) is 0. The number of pyridine rings is 1. The minimum absolute atomic E-state index is 0.971. The van der Waals surface area contributed by atoms with E-state index < -0.39 is 0 Å². The molecule has 2 nitrogen and oxygen atoms in total. The Morgan fingerprint density at radius 2 is 1.75 bits per heavy atom. The molecule has 1 aromatic heterocycles. The van der Waals surface area contributed by atoms with Gasteiger partial charge in [0.2, 0.25) is 0 Å². The van der Waals surface area contributed by atoms with Gasteiger partial charge in [-0.2, -0.15) is 0 Å². The molecule has 0 N–H and O–H groups in total. The standard InChI is InChI=1S/C14H16N2/c1-16(2)11-12-4-3-5-14(10-12)13-6-8-15-9-7-13/h3-10H,11H2,1-2H3. The first-order valence-electron chi connectivity index (χ1n) is 5.40. The van der Waals surface area contributed by atoms with Crippen molar-refractivity contribution in [2.45, 2.75) is 6.54 Å². The molecule has 1 aromatic carbocycles. The second-order valence-electron chi connectivity index (χ2n) is 4.17. The zero-order valence-electron chi connectivity index (χ0n) is 9.72. The summed E-state index contributed by atoms with van der Waals surface area (Å²) in [6, 6.07) is 12.7. The van der Waals surface area contributed by atoms with Crippen LogP contribution in [-0.4, -0.2) is 24.0 Å². The van der Waals surface area contributed by atoms with Crippen LogP contribution < -0.4 is 0 Å². The van der Waals surface area contributed by atoms with E-state index in [1.54, 1.807) is 0 Å². The summed E-state index contributed by atoms with van der Waals surface area (Å²) in [7, 11) is 4.16. The average Bonchev–Trinajstić information content (AvgIpc) is 2.30. The van der Waals surface area contributed by atoms with Gasteiger partial charge < -0.3 is 4.90 Å². The Bertz CT molecular complexity index is 449. The van der Waals surface area contributed by atoms with Crippen molar-refractivity contribution >= 4 is 0 Å². The van der Waals surface area contributed by atoms with Gasteiger partial charge in [-0.05, 0) is 49.0 Å². The van der Waals surface area contributed by atoms with Gasteiger partial charge in [-0.1, -0.05) is 18.2 Å². The van der Waals surface area contributed by atoms with Gasteiger partial charge in [-0.25, -0.2) is 0 Å². The minimum Gasteiger partial charge on any atom is -0.305 e. The zero-order chi connectivity index (χ0) is 11.4. The number of benzene rings is 1. The van der Waals surface area contributed by atoms with Crippen molar-refractivity contribution in [3.8, 4) is 11.1 Å². The number of nitrogens with zero attached hydrogens (tertiary/aromatic N) is 2. The minimum atomic E-state index is 0.971. The third-order valence-corrected chi connectivity index (χ3v) is 2.44. The molecule has 2 rings (SSSR count). The lowest BCUT2D eigenvalue weighted by Crippen LogP contribution is -2.10. The largest absolute Gasteiger partial charge is 0.305 e. The summed E-state index contributed by atoms with van der Waals surface area (Å²) in [5.41, 5.74) is 3.80. The summed E-state index contributed by atoms with van der Waals surface area (Å²) in [6.07, 6.45) is 3.65. The van der Waals surface area contributed by atoms with Crippen molar-refractivity contribution in [1.82, 2.24) is 9.88 Å². The second-order valence-corrected chi connectivity index (χ2v) is 4.17. The van der Waals surface area contributed by atoms with Crippen molar-refractivity contribution in [3.63, 3.8) is 0 Å². The van der Waals surface area contributed by atoms with Crippen LogP contribution in [0.3, 0.4) is 0 Å². The van der Waals surface area contributed by atoms with E-state index in [0.29, 0.717) is 0 Å². The van der Waals surface area contributed by atoms with Crippen molar-refractivity contribution < 1.29 is 0 Å². The Morgan fingerprint density at radius 3 is 2.44 bits per heavy atom. The maximum atomic E-state index is 4.03. The van der Waals surface area contributed by atoms with Crippen LogP contribution in [0, 0.1) is 0 Å².